The minimum Gasteiger partial charge on any atom is -0.356 e. The van der Waals surface area contributed by atoms with E-state index in [2.05, 4.69) is 46.9 Å². The number of hydrogen-bond donors (Lipinski definition) is 1. The second-order valence-corrected chi connectivity index (χ2v) is 6.09. The summed E-state index contributed by atoms with van der Waals surface area (Å²) < 4.78 is 0. The molecule has 1 amide bonds. The Morgan fingerprint density at radius 2 is 1.71 bits per heavy atom. The first-order valence-corrected chi connectivity index (χ1v) is 7.07. The van der Waals surface area contributed by atoms with Crippen LogP contribution >= 0.6 is 0 Å². The largest absolute Gasteiger partial charge is 0.356 e. The molecule has 1 N–H and O–H groups in total. The van der Waals surface area contributed by atoms with E-state index in [1.807, 2.05) is 6.92 Å². The number of nitrogens with one attached hydrogen (secondary N) is 1. The van der Waals surface area contributed by atoms with E-state index in [0.29, 0.717) is 11.8 Å². The Morgan fingerprint density at radius 3 is 2.00 bits per heavy atom. The molecule has 0 aromatic heterocycles. The van der Waals surface area contributed by atoms with Crippen molar-refractivity contribution in [2.45, 2.75) is 61.3 Å². The minimum atomic E-state index is 0.101. The summed E-state index contributed by atoms with van der Waals surface area (Å²) in [6.45, 7) is 16.0. The Balaban J connectivity index is 5.06. The van der Waals surface area contributed by atoms with Crippen molar-refractivity contribution in [1.29, 1.82) is 0 Å². The summed E-state index contributed by atoms with van der Waals surface area (Å²) in [5.41, 5.74) is 0.101. The number of carbonyl (C=O) groups is 1. The third-order valence-electron chi connectivity index (χ3n) is 4.25. The molecule has 0 aromatic carbocycles. The molecule has 0 radical (unpaired) electrons. The Morgan fingerprint density at radius 1 is 1.18 bits per heavy atom. The monoisotopic (exact) mass is 241 g/mol. The van der Waals surface area contributed by atoms with E-state index >= 15 is 0 Å². The molecule has 0 aliphatic carbocycles. The lowest BCUT2D eigenvalue weighted by Crippen LogP contribution is -2.43. The first-order chi connectivity index (χ1) is 7.79. The average Bonchev–Trinajstić information content (AvgIpc) is 2.24. The van der Waals surface area contributed by atoms with Gasteiger partial charge >= 0.3 is 0 Å². The van der Waals surface area contributed by atoms with Gasteiger partial charge in [-0.1, -0.05) is 41.5 Å². The highest BCUT2D eigenvalue weighted by atomic mass is 16.1. The molecule has 2 nitrogen and oxygen atoms in total. The van der Waals surface area contributed by atoms with Gasteiger partial charge in [0.25, 0.3) is 0 Å². The van der Waals surface area contributed by atoms with Crippen molar-refractivity contribution < 1.29 is 4.79 Å². The molecular weight excluding hydrogens is 210 g/mol. The topological polar surface area (TPSA) is 29.1 Å². The Labute approximate surface area is 108 Å². The van der Waals surface area contributed by atoms with Crippen LogP contribution in [0.3, 0.4) is 0 Å². The average molecular weight is 241 g/mol. The number of amides is 1. The number of carbonyl (C=O) groups excluding carboxylic acids is 1. The molecule has 0 aromatic rings. The number of rotatable bonds is 7. The van der Waals surface area contributed by atoms with E-state index in [-0.39, 0.29) is 17.2 Å². The third kappa shape index (κ3) is 4.33. The van der Waals surface area contributed by atoms with Crippen LogP contribution in [0.1, 0.15) is 61.3 Å². The Hall–Kier alpha value is -0.530. The van der Waals surface area contributed by atoms with E-state index in [1.54, 1.807) is 0 Å². The third-order valence-corrected chi connectivity index (χ3v) is 4.25. The first-order valence-electron chi connectivity index (χ1n) is 7.07. The quantitative estimate of drug-likeness (QED) is 0.720. The maximum Gasteiger partial charge on any atom is 0.223 e. The molecule has 2 unspecified atom stereocenters. The molecular formula is C15H31NO. The molecule has 2 atom stereocenters. The van der Waals surface area contributed by atoms with E-state index in [0.717, 1.165) is 19.4 Å². The van der Waals surface area contributed by atoms with Crippen molar-refractivity contribution in [3.63, 3.8) is 0 Å². The van der Waals surface area contributed by atoms with Crippen LogP contribution in [0.15, 0.2) is 0 Å². The van der Waals surface area contributed by atoms with Crippen LogP contribution in [-0.4, -0.2) is 12.5 Å². The SMILES string of the molecule is CCNC(=O)C(CC(C)C)C(C)(CC)C(C)C. The summed E-state index contributed by atoms with van der Waals surface area (Å²) in [6, 6.07) is 0. The Bertz CT molecular complexity index is 235. The molecule has 0 aliphatic rings. The molecule has 0 rings (SSSR count). The lowest BCUT2D eigenvalue weighted by atomic mass is 9.64. The van der Waals surface area contributed by atoms with Crippen LogP contribution in [0.2, 0.25) is 0 Å². The van der Waals surface area contributed by atoms with Gasteiger partial charge in [0.15, 0.2) is 0 Å². The van der Waals surface area contributed by atoms with Gasteiger partial charge in [-0.3, -0.25) is 4.79 Å². The predicted octanol–water partition coefficient (Wildman–Crippen LogP) is 3.86. The second-order valence-electron chi connectivity index (χ2n) is 6.09. The van der Waals surface area contributed by atoms with Crippen LogP contribution in [0.4, 0.5) is 0 Å². The van der Waals surface area contributed by atoms with Crippen molar-refractivity contribution in [3.8, 4) is 0 Å². The fourth-order valence-electron chi connectivity index (χ4n) is 2.50. The molecule has 0 saturated heterocycles. The molecule has 0 fully saturated rings. The van der Waals surface area contributed by atoms with Gasteiger partial charge in [-0.15, -0.1) is 0 Å². The standard InChI is InChI=1S/C15H31NO/c1-8-15(7,12(5)6)13(10-11(3)4)14(17)16-9-2/h11-13H,8-10H2,1-7H3,(H,16,17). The number of hydrogen-bond acceptors (Lipinski definition) is 1. The lowest BCUT2D eigenvalue weighted by Gasteiger charge is -2.40. The van der Waals surface area contributed by atoms with E-state index in [1.165, 1.54) is 0 Å². The van der Waals surface area contributed by atoms with E-state index in [9.17, 15) is 4.79 Å². The second kappa shape index (κ2) is 7.03. The van der Waals surface area contributed by atoms with Crippen LogP contribution in [0.5, 0.6) is 0 Å². The van der Waals surface area contributed by atoms with Gasteiger partial charge in [0.1, 0.15) is 0 Å². The normalized spacial score (nSPS) is 17.0. The maximum atomic E-state index is 12.3. The lowest BCUT2D eigenvalue weighted by molar-refractivity contribution is -0.131. The summed E-state index contributed by atoms with van der Waals surface area (Å²) in [6.07, 6.45) is 2.04. The zero-order valence-electron chi connectivity index (χ0n) is 12.8. The molecule has 0 aliphatic heterocycles. The molecule has 0 heterocycles. The van der Waals surface area contributed by atoms with Crippen LogP contribution < -0.4 is 5.32 Å². The van der Waals surface area contributed by atoms with E-state index in [4.69, 9.17) is 0 Å². The van der Waals surface area contributed by atoms with Gasteiger partial charge in [0.05, 0.1) is 0 Å². The fourth-order valence-corrected chi connectivity index (χ4v) is 2.50. The minimum absolute atomic E-state index is 0.101. The first kappa shape index (κ1) is 16.5. The molecule has 102 valence electrons. The highest BCUT2D eigenvalue weighted by Gasteiger charge is 2.39. The van der Waals surface area contributed by atoms with Crippen molar-refractivity contribution >= 4 is 5.91 Å². The maximum absolute atomic E-state index is 12.3. The predicted molar refractivity (Wildman–Crippen MR) is 74.9 cm³/mol. The fraction of sp³-hybridized carbons (Fsp3) is 0.933. The van der Waals surface area contributed by atoms with Gasteiger partial charge < -0.3 is 5.32 Å². The highest BCUT2D eigenvalue weighted by Crippen LogP contribution is 2.42. The van der Waals surface area contributed by atoms with Crippen LogP contribution in [-0.2, 0) is 4.79 Å². The van der Waals surface area contributed by atoms with E-state index < -0.39 is 0 Å². The zero-order chi connectivity index (χ0) is 13.6. The smallest absolute Gasteiger partial charge is 0.223 e. The molecule has 2 heteroatoms. The zero-order valence-corrected chi connectivity index (χ0v) is 12.8. The highest BCUT2D eigenvalue weighted by molar-refractivity contribution is 5.79. The van der Waals surface area contributed by atoms with Crippen molar-refractivity contribution in [2.24, 2.45) is 23.2 Å². The molecule has 0 bridgehead atoms. The van der Waals surface area contributed by atoms with Crippen LogP contribution in [0, 0.1) is 23.2 Å². The van der Waals surface area contributed by atoms with Gasteiger partial charge in [-0.2, -0.15) is 0 Å². The molecule has 17 heavy (non-hydrogen) atoms. The van der Waals surface area contributed by atoms with Gasteiger partial charge in [-0.05, 0) is 37.0 Å². The summed E-state index contributed by atoms with van der Waals surface area (Å²) >= 11 is 0. The summed E-state index contributed by atoms with van der Waals surface area (Å²) in [5.74, 6) is 1.46. The molecule has 0 saturated carbocycles. The summed E-state index contributed by atoms with van der Waals surface area (Å²) in [7, 11) is 0. The van der Waals surface area contributed by atoms with Gasteiger partial charge in [-0.25, -0.2) is 0 Å². The van der Waals surface area contributed by atoms with Gasteiger partial charge in [0, 0.05) is 12.5 Å². The van der Waals surface area contributed by atoms with Crippen molar-refractivity contribution in [3.05, 3.63) is 0 Å². The Kier molecular flexibility index (Phi) is 6.81. The summed E-state index contributed by atoms with van der Waals surface area (Å²) in [5, 5.41) is 3.01. The summed E-state index contributed by atoms with van der Waals surface area (Å²) in [4.78, 5) is 12.3. The van der Waals surface area contributed by atoms with Crippen molar-refractivity contribution in [2.75, 3.05) is 6.54 Å². The van der Waals surface area contributed by atoms with Crippen molar-refractivity contribution in [1.82, 2.24) is 5.32 Å². The molecule has 0 spiro atoms. The van der Waals surface area contributed by atoms with Crippen LogP contribution in [0.25, 0.3) is 0 Å². The van der Waals surface area contributed by atoms with Gasteiger partial charge in [0.2, 0.25) is 5.91 Å².